The van der Waals surface area contributed by atoms with Gasteiger partial charge in [0.1, 0.15) is 13.2 Å². The lowest BCUT2D eigenvalue weighted by Gasteiger charge is -2.29. The molecule has 1 aromatic carbocycles. The first-order valence-corrected chi connectivity index (χ1v) is 7.34. The van der Waals surface area contributed by atoms with Crippen molar-refractivity contribution < 1.29 is 14.3 Å². The maximum atomic E-state index is 12.1. The van der Waals surface area contributed by atoms with E-state index in [-0.39, 0.29) is 24.4 Å². The highest BCUT2D eigenvalue weighted by atomic mass is 35.5. The third-order valence-electron chi connectivity index (χ3n) is 3.75. The van der Waals surface area contributed by atoms with Gasteiger partial charge in [-0.2, -0.15) is 0 Å². The van der Waals surface area contributed by atoms with Crippen LogP contribution in [-0.2, 0) is 4.79 Å². The van der Waals surface area contributed by atoms with Gasteiger partial charge < -0.3 is 20.1 Å². The van der Waals surface area contributed by atoms with Crippen LogP contribution in [0.5, 0.6) is 11.5 Å². The first-order chi connectivity index (χ1) is 10.2. The molecule has 0 saturated carbocycles. The van der Waals surface area contributed by atoms with Crippen molar-refractivity contribution in [1.29, 1.82) is 0 Å². The summed E-state index contributed by atoms with van der Waals surface area (Å²) in [6, 6.07) is 5.78. The van der Waals surface area contributed by atoms with Crippen molar-refractivity contribution in [3.8, 4) is 11.5 Å². The minimum Gasteiger partial charge on any atom is -0.486 e. The second-order valence-corrected chi connectivity index (χ2v) is 5.42. The van der Waals surface area contributed by atoms with Crippen molar-refractivity contribution in [2.75, 3.05) is 26.3 Å². The summed E-state index contributed by atoms with van der Waals surface area (Å²) in [5.74, 6) is 1.50. The highest BCUT2D eigenvalue weighted by Crippen LogP contribution is 2.31. The molecule has 0 aliphatic carbocycles. The molecule has 0 radical (unpaired) electrons. The number of carbonyl (C=O) groups is 1. The van der Waals surface area contributed by atoms with E-state index in [1.165, 1.54) is 0 Å². The lowest BCUT2D eigenvalue weighted by atomic mass is 10.1. The van der Waals surface area contributed by atoms with Crippen LogP contribution in [0.3, 0.4) is 0 Å². The van der Waals surface area contributed by atoms with Crippen LogP contribution in [-0.4, -0.2) is 43.2 Å². The number of rotatable bonds is 2. The first kappa shape index (κ1) is 16.6. The summed E-state index contributed by atoms with van der Waals surface area (Å²) in [7, 11) is 0. The maximum absolute atomic E-state index is 12.1. The summed E-state index contributed by atoms with van der Waals surface area (Å²) in [5, 5.41) is 0. The number of fused-ring (bicyclic) bond motifs is 1. The van der Waals surface area contributed by atoms with Crippen molar-refractivity contribution in [2.24, 2.45) is 5.73 Å². The van der Waals surface area contributed by atoms with E-state index in [0.29, 0.717) is 19.8 Å². The van der Waals surface area contributed by atoms with Gasteiger partial charge in [-0.3, -0.25) is 4.79 Å². The molecule has 0 aromatic heterocycles. The fraction of sp³-hybridized carbons (Fsp3) is 0.438. The zero-order valence-corrected chi connectivity index (χ0v) is 13.2. The van der Waals surface area contributed by atoms with Crippen molar-refractivity contribution >= 4 is 24.4 Å². The molecule has 2 heterocycles. The SMILES string of the molecule is Cl.NC1CCCN(C(=O)C=Cc2ccc3c(c2)OCCO3)C1. The Bertz CT molecular complexity index is 562. The number of hydrogen-bond donors (Lipinski definition) is 1. The van der Waals surface area contributed by atoms with Gasteiger partial charge in [0.25, 0.3) is 0 Å². The molecule has 2 aliphatic rings. The van der Waals surface area contributed by atoms with Gasteiger partial charge in [0, 0.05) is 25.2 Å². The van der Waals surface area contributed by atoms with E-state index in [9.17, 15) is 4.79 Å². The number of nitrogens with two attached hydrogens (primary N) is 1. The molecule has 2 aliphatic heterocycles. The number of amides is 1. The van der Waals surface area contributed by atoms with Gasteiger partial charge in [-0.25, -0.2) is 0 Å². The molecule has 1 saturated heterocycles. The number of carbonyl (C=O) groups excluding carboxylic acids is 1. The molecular weight excluding hydrogens is 304 g/mol. The number of ether oxygens (including phenoxy) is 2. The van der Waals surface area contributed by atoms with Crippen LogP contribution in [0.4, 0.5) is 0 Å². The number of nitrogens with zero attached hydrogens (tertiary/aromatic N) is 1. The zero-order valence-electron chi connectivity index (χ0n) is 12.4. The standard InChI is InChI=1S/C16H20N2O3.ClH/c17-13-2-1-7-18(11-13)16(19)6-4-12-3-5-14-15(10-12)21-9-8-20-14;/h3-6,10,13H,1-2,7-9,11,17H2;1H. The Labute approximate surface area is 136 Å². The summed E-state index contributed by atoms with van der Waals surface area (Å²) in [6.07, 6.45) is 5.38. The molecule has 2 N–H and O–H groups in total. The molecule has 3 rings (SSSR count). The average molecular weight is 325 g/mol. The largest absolute Gasteiger partial charge is 0.486 e. The van der Waals surface area contributed by atoms with E-state index in [4.69, 9.17) is 15.2 Å². The van der Waals surface area contributed by atoms with Gasteiger partial charge in [0.15, 0.2) is 11.5 Å². The molecule has 6 heteroatoms. The third-order valence-corrected chi connectivity index (χ3v) is 3.75. The predicted molar refractivity (Wildman–Crippen MR) is 87.5 cm³/mol. The van der Waals surface area contributed by atoms with Crippen molar-refractivity contribution in [3.05, 3.63) is 29.8 Å². The normalized spacial score (nSPS) is 20.6. The molecule has 1 unspecified atom stereocenters. The number of benzene rings is 1. The van der Waals surface area contributed by atoms with E-state index in [0.717, 1.165) is 36.4 Å². The second kappa shape index (κ2) is 7.51. The van der Waals surface area contributed by atoms with Gasteiger partial charge in [0.05, 0.1) is 0 Å². The monoisotopic (exact) mass is 324 g/mol. The van der Waals surface area contributed by atoms with Crippen LogP contribution in [0.1, 0.15) is 18.4 Å². The van der Waals surface area contributed by atoms with Crippen LogP contribution >= 0.6 is 12.4 Å². The van der Waals surface area contributed by atoms with Crippen LogP contribution in [0.2, 0.25) is 0 Å². The van der Waals surface area contributed by atoms with Gasteiger partial charge in [0.2, 0.25) is 5.91 Å². The fourth-order valence-electron chi connectivity index (χ4n) is 2.65. The highest BCUT2D eigenvalue weighted by Gasteiger charge is 2.19. The number of halogens is 1. The second-order valence-electron chi connectivity index (χ2n) is 5.42. The van der Waals surface area contributed by atoms with Crippen LogP contribution in [0.15, 0.2) is 24.3 Å². The Morgan fingerprint density at radius 1 is 1.27 bits per heavy atom. The van der Waals surface area contributed by atoms with E-state index in [1.807, 2.05) is 23.1 Å². The predicted octanol–water partition coefficient (Wildman–Crippen LogP) is 1.84. The number of likely N-dealkylation sites (tertiary alicyclic amines) is 1. The van der Waals surface area contributed by atoms with Crippen molar-refractivity contribution in [2.45, 2.75) is 18.9 Å². The quantitative estimate of drug-likeness (QED) is 0.843. The van der Waals surface area contributed by atoms with E-state index >= 15 is 0 Å². The van der Waals surface area contributed by atoms with Crippen LogP contribution in [0, 0.1) is 0 Å². The summed E-state index contributed by atoms with van der Waals surface area (Å²) in [5.41, 5.74) is 6.82. The zero-order chi connectivity index (χ0) is 14.7. The average Bonchev–Trinajstić information content (AvgIpc) is 2.52. The summed E-state index contributed by atoms with van der Waals surface area (Å²) in [4.78, 5) is 13.9. The lowest BCUT2D eigenvalue weighted by molar-refractivity contribution is -0.127. The Morgan fingerprint density at radius 2 is 2.05 bits per heavy atom. The van der Waals surface area contributed by atoms with E-state index in [2.05, 4.69) is 0 Å². The summed E-state index contributed by atoms with van der Waals surface area (Å²) < 4.78 is 11.0. The minimum absolute atomic E-state index is 0. The Hall–Kier alpha value is -1.72. The molecule has 1 fully saturated rings. The molecule has 0 bridgehead atoms. The van der Waals surface area contributed by atoms with Crippen LogP contribution < -0.4 is 15.2 Å². The fourth-order valence-corrected chi connectivity index (χ4v) is 2.65. The minimum atomic E-state index is 0. The number of piperidine rings is 1. The van der Waals surface area contributed by atoms with Gasteiger partial charge >= 0.3 is 0 Å². The first-order valence-electron chi connectivity index (χ1n) is 7.34. The summed E-state index contributed by atoms with van der Waals surface area (Å²) in [6.45, 7) is 2.57. The topological polar surface area (TPSA) is 64.8 Å². The molecule has 5 nitrogen and oxygen atoms in total. The van der Waals surface area contributed by atoms with Crippen LogP contribution in [0.25, 0.3) is 6.08 Å². The summed E-state index contributed by atoms with van der Waals surface area (Å²) >= 11 is 0. The lowest BCUT2D eigenvalue weighted by Crippen LogP contribution is -2.45. The van der Waals surface area contributed by atoms with Crippen molar-refractivity contribution in [1.82, 2.24) is 4.90 Å². The van der Waals surface area contributed by atoms with Crippen molar-refractivity contribution in [3.63, 3.8) is 0 Å². The maximum Gasteiger partial charge on any atom is 0.246 e. The molecule has 1 atom stereocenters. The molecule has 1 aromatic rings. The van der Waals surface area contributed by atoms with E-state index < -0.39 is 0 Å². The molecule has 120 valence electrons. The molecular formula is C16H21ClN2O3. The molecule has 1 amide bonds. The van der Waals surface area contributed by atoms with Gasteiger partial charge in [-0.05, 0) is 36.6 Å². The van der Waals surface area contributed by atoms with E-state index in [1.54, 1.807) is 12.2 Å². The number of hydrogen-bond acceptors (Lipinski definition) is 4. The third kappa shape index (κ3) is 3.93. The highest BCUT2D eigenvalue weighted by molar-refractivity contribution is 5.92. The van der Waals surface area contributed by atoms with Gasteiger partial charge in [-0.15, -0.1) is 12.4 Å². The molecule has 22 heavy (non-hydrogen) atoms. The van der Waals surface area contributed by atoms with Gasteiger partial charge in [-0.1, -0.05) is 6.07 Å². The Kier molecular flexibility index (Phi) is 5.69. The molecule has 0 spiro atoms. The Balaban J connectivity index is 0.00000176. The Morgan fingerprint density at radius 3 is 2.82 bits per heavy atom. The smallest absolute Gasteiger partial charge is 0.246 e.